The van der Waals surface area contributed by atoms with Gasteiger partial charge in [-0.25, -0.2) is 0 Å². The molecule has 0 spiro atoms. The van der Waals surface area contributed by atoms with Gasteiger partial charge in [-0.2, -0.15) is 12.6 Å². The highest BCUT2D eigenvalue weighted by Gasteiger charge is 2.26. The molecule has 0 N–H and O–H groups in total. The van der Waals surface area contributed by atoms with Crippen LogP contribution < -0.4 is 0 Å². The third-order valence-electron chi connectivity index (χ3n) is 2.55. The first-order valence-electron chi connectivity index (χ1n) is 4.59. The Labute approximate surface area is 75.6 Å². The Bertz CT molecular complexity index is 108. The highest BCUT2D eigenvalue weighted by molar-refractivity contribution is 7.80. The van der Waals surface area contributed by atoms with Crippen LogP contribution >= 0.6 is 12.6 Å². The van der Waals surface area contributed by atoms with E-state index in [2.05, 4.69) is 31.5 Å². The summed E-state index contributed by atoms with van der Waals surface area (Å²) in [5.74, 6) is 1.83. The Hall–Kier alpha value is 0.310. The number of hydrogen-bond acceptors (Lipinski definition) is 2. The highest BCUT2D eigenvalue weighted by atomic mass is 32.1. The summed E-state index contributed by atoms with van der Waals surface area (Å²) in [7, 11) is 2.24. The van der Waals surface area contributed by atoms with Gasteiger partial charge in [0.1, 0.15) is 0 Å². The molecule has 1 atom stereocenters. The van der Waals surface area contributed by atoms with Crippen LogP contribution in [0.2, 0.25) is 0 Å². The summed E-state index contributed by atoms with van der Waals surface area (Å²) in [5, 5.41) is 0. The molecule has 1 nitrogen and oxygen atoms in total. The Morgan fingerprint density at radius 3 is 2.55 bits per heavy atom. The molecular weight excluding hydrogens is 154 g/mol. The molecular formula is C9H19NS. The molecule has 0 radical (unpaired) electrons. The van der Waals surface area contributed by atoms with E-state index in [0.29, 0.717) is 0 Å². The molecule has 1 rings (SSSR count). The molecule has 0 aromatic rings. The van der Waals surface area contributed by atoms with Crippen molar-refractivity contribution in [2.75, 3.05) is 19.3 Å². The Morgan fingerprint density at radius 1 is 1.55 bits per heavy atom. The second-order valence-corrected chi connectivity index (χ2v) is 3.99. The lowest BCUT2D eigenvalue weighted by molar-refractivity contribution is 0.276. The van der Waals surface area contributed by atoms with E-state index in [0.717, 1.165) is 17.7 Å². The summed E-state index contributed by atoms with van der Waals surface area (Å²) in [6, 6.07) is 0.906. The lowest BCUT2D eigenvalue weighted by Gasteiger charge is -2.21. The fraction of sp³-hybridized carbons (Fsp3) is 1.00. The van der Waals surface area contributed by atoms with E-state index in [1.165, 1.54) is 25.8 Å². The first kappa shape index (κ1) is 9.40. The van der Waals surface area contributed by atoms with Crippen LogP contribution in [0, 0.1) is 5.92 Å². The average molecular weight is 173 g/mol. The summed E-state index contributed by atoms with van der Waals surface area (Å²) in [6.07, 6.45) is 4.10. The molecule has 1 unspecified atom stereocenters. The maximum absolute atomic E-state index is 4.33. The van der Waals surface area contributed by atoms with Crippen LogP contribution in [0.1, 0.15) is 26.2 Å². The maximum Gasteiger partial charge on any atom is 0.00934 e. The second-order valence-electron chi connectivity index (χ2n) is 3.63. The van der Waals surface area contributed by atoms with Gasteiger partial charge in [-0.1, -0.05) is 13.3 Å². The zero-order valence-corrected chi connectivity index (χ0v) is 8.48. The van der Waals surface area contributed by atoms with Crippen LogP contribution in [0.3, 0.4) is 0 Å². The number of rotatable bonds is 5. The van der Waals surface area contributed by atoms with Crippen molar-refractivity contribution < 1.29 is 0 Å². The van der Waals surface area contributed by atoms with Gasteiger partial charge in [-0.05, 0) is 31.6 Å². The van der Waals surface area contributed by atoms with E-state index in [4.69, 9.17) is 0 Å². The van der Waals surface area contributed by atoms with E-state index >= 15 is 0 Å². The van der Waals surface area contributed by atoms with Gasteiger partial charge in [0.05, 0.1) is 0 Å². The fourth-order valence-electron chi connectivity index (χ4n) is 1.39. The third kappa shape index (κ3) is 3.04. The van der Waals surface area contributed by atoms with Crippen LogP contribution in [0.15, 0.2) is 0 Å². The molecule has 1 aliphatic carbocycles. The lowest BCUT2D eigenvalue weighted by Crippen LogP contribution is -2.28. The Balaban J connectivity index is 2.15. The summed E-state index contributed by atoms with van der Waals surface area (Å²) in [5.41, 5.74) is 0. The molecule has 1 fully saturated rings. The molecule has 2 heteroatoms. The van der Waals surface area contributed by atoms with Gasteiger partial charge in [0.2, 0.25) is 0 Å². The van der Waals surface area contributed by atoms with Gasteiger partial charge in [0.15, 0.2) is 0 Å². The van der Waals surface area contributed by atoms with Crippen molar-refractivity contribution in [2.45, 2.75) is 32.2 Å². The molecule has 0 aromatic heterocycles. The quantitative estimate of drug-likeness (QED) is 0.623. The highest BCUT2D eigenvalue weighted by Crippen LogP contribution is 2.26. The number of hydrogen-bond donors (Lipinski definition) is 1. The molecule has 1 aliphatic rings. The van der Waals surface area contributed by atoms with Crippen molar-refractivity contribution in [2.24, 2.45) is 5.92 Å². The summed E-state index contributed by atoms with van der Waals surface area (Å²) in [6.45, 7) is 3.49. The van der Waals surface area contributed by atoms with Gasteiger partial charge < -0.3 is 4.90 Å². The van der Waals surface area contributed by atoms with Crippen LogP contribution in [0.5, 0.6) is 0 Å². The molecule has 0 saturated heterocycles. The van der Waals surface area contributed by atoms with E-state index in [-0.39, 0.29) is 0 Å². The molecule has 0 heterocycles. The van der Waals surface area contributed by atoms with Crippen LogP contribution in [-0.4, -0.2) is 30.3 Å². The molecule has 0 aliphatic heterocycles. The summed E-state index contributed by atoms with van der Waals surface area (Å²) >= 11 is 4.33. The average Bonchev–Trinajstić information content (AvgIpc) is 2.81. The van der Waals surface area contributed by atoms with Gasteiger partial charge >= 0.3 is 0 Å². The minimum Gasteiger partial charge on any atom is -0.303 e. The van der Waals surface area contributed by atoms with Crippen molar-refractivity contribution in [1.82, 2.24) is 4.90 Å². The van der Waals surface area contributed by atoms with Crippen molar-refractivity contribution in [3.63, 3.8) is 0 Å². The second kappa shape index (κ2) is 4.36. The van der Waals surface area contributed by atoms with Gasteiger partial charge in [-0.3, -0.25) is 0 Å². The van der Waals surface area contributed by atoms with E-state index in [1.807, 2.05) is 0 Å². The van der Waals surface area contributed by atoms with Crippen molar-refractivity contribution in [3.05, 3.63) is 0 Å². The first-order valence-corrected chi connectivity index (χ1v) is 5.22. The summed E-state index contributed by atoms with van der Waals surface area (Å²) < 4.78 is 0. The van der Waals surface area contributed by atoms with Crippen LogP contribution in [0.4, 0.5) is 0 Å². The minimum atomic E-state index is 0.795. The van der Waals surface area contributed by atoms with Gasteiger partial charge in [0, 0.05) is 12.6 Å². The number of thiol groups is 1. The maximum atomic E-state index is 4.33. The van der Waals surface area contributed by atoms with Gasteiger partial charge in [-0.15, -0.1) is 0 Å². The van der Waals surface area contributed by atoms with Gasteiger partial charge in [0.25, 0.3) is 0 Å². The molecule has 1 saturated carbocycles. The lowest BCUT2D eigenvalue weighted by atomic mass is 10.1. The van der Waals surface area contributed by atoms with Crippen LogP contribution in [0.25, 0.3) is 0 Å². The topological polar surface area (TPSA) is 3.24 Å². The standard InChI is InChI=1S/C9H19NS/c1-3-8(7-11)6-10(2)9-4-5-9/h8-9,11H,3-7H2,1-2H3. The zero-order chi connectivity index (χ0) is 8.27. The monoisotopic (exact) mass is 173 g/mol. The van der Waals surface area contributed by atoms with E-state index in [1.54, 1.807) is 0 Å². The van der Waals surface area contributed by atoms with E-state index < -0.39 is 0 Å². The van der Waals surface area contributed by atoms with E-state index in [9.17, 15) is 0 Å². The molecule has 0 amide bonds. The minimum absolute atomic E-state index is 0.795. The Kier molecular flexibility index (Phi) is 3.73. The first-order chi connectivity index (χ1) is 5.27. The van der Waals surface area contributed by atoms with Crippen molar-refractivity contribution in [3.8, 4) is 0 Å². The normalized spacial score (nSPS) is 20.7. The summed E-state index contributed by atoms with van der Waals surface area (Å²) in [4.78, 5) is 2.49. The zero-order valence-electron chi connectivity index (χ0n) is 7.58. The molecule has 0 bridgehead atoms. The smallest absolute Gasteiger partial charge is 0.00934 e. The molecule has 66 valence electrons. The van der Waals surface area contributed by atoms with Crippen molar-refractivity contribution >= 4 is 12.6 Å². The number of nitrogens with zero attached hydrogens (tertiary/aromatic N) is 1. The largest absolute Gasteiger partial charge is 0.303 e. The fourth-order valence-corrected chi connectivity index (χ4v) is 1.76. The third-order valence-corrected chi connectivity index (χ3v) is 3.07. The molecule has 0 aromatic carbocycles. The Morgan fingerprint density at radius 2 is 2.18 bits per heavy atom. The molecule has 11 heavy (non-hydrogen) atoms. The van der Waals surface area contributed by atoms with Crippen molar-refractivity contribution in [1.29, 1.82) is 0 Å². The van der Waals surface area contributed by atoms with Crippen LogP contribution in [-0.2, 0) is 0 Å². The predicted molar refractivity (Wildman–Crippen MR) is 53.3 cm³/mol. The SMILES string of the molecule is CCC(CS)CN(C)C1CC1. The predicted octanol–water partition coefficient (Wildman–Crippen LogP) is 2.04.